The standard InChI is InChI=1S/C14H12INO3/c1-8-5-6-9(7-10(8)15)14(19)16-11-3-2-4-12(17)13(11)18/h2-7,17-18H,1H3,(H,16,19). The van der Waals surface area contributed by atoms with Gasteiger partial charge < -0.3 is 15.5 Å². The van der Waals surface area contributed by atoms with E-state index < -0.39 is 0 Å². The van der Waals surface area contributed by atoms with Crippen LogP contribution in [0.3, 0.4) is 0 Å². The van der Waals surface area contributed by atoms with Crippen LogP contribution in [0.5, 0.6) is 11.5 Å². The Bertz CT molecular complexity index is 641. The van der Waals surface area contributed by atoms with Crippen molar-refractivity contribution in [2.24, 2.45) is 0 Å². The molecule has 0 spiro atoms. The van der Waals surface area contributed by atoms with Crippen LogP contribution in [-0.2, 0) is 0 Å². The largest absolute Gasteiger partial charge is 0.504 e. The number of aryl methyl sites for hydroxylation is 1. The molecular formula is C14H12INO3. The number of hydrogen-bond donors (Lipinski definition) is 3. The van der Waals surface area contributed by atoms with E-state index in [9.17, 15) is 15.0 Å². The zero-order chi connectivity index (χ0) is 14.0. The highest BCUT2D eigenvalue weighted by Gasteiger charge is 2.11. The number of rotatable bonds is 2. The average molecular weight is 369 g/mol. The van der Waals surface area contributed by atoms with E-state index in [1.807, 2.05) is 13.0 Å². The highest BCUT2D eigenvalue weighted by molar-refractivity contribution is 14.1. The van der Waals surface area contributed by atoms with Crippen LogP contribution in [0.2, 0.25) is 0 Å². The fourth-order valence-electron chi connectivity index (χ4n) is 1.56. The Morgan fingerprint density at radius 2 is 1.95 bits per heavy atom. The lowest BCUT2D eigenvalue weighted by Crippen LogP contribution is -2.12. The van der Waals surface area contributed by atoms with Crippen LogP contribution < -0.4 is 5.32 Å². The van der Waals surface area contributed by atoms with Crippen LogP contribution in [0.25, 0.3) is 0 Å². The molecule has 2 rings (SSSR count). The minimum absolute atomic E-state index is 0.181. The summed E-state index contributed by atoms with van der Waals surface area (Å²) < 4.78 is 0.991. The molecule has 0 heterocycles. The first-order valence-corrected chi connectivity index (χ1v) is 6.65. The molecule has 0 saturated heterocycles. The van der Waals surface area contributed by atoms with Gasteiger partial charge in [-0.05, 0) is 59.3 Å². The molecule has 0 fully saturated rings. The van der Waals surface area contributed by atoms with Gasteiger partial charge in [-0.1, -0.05) is 12.1 Å². The summed E-state index contributed by atoms with van der Waals surface area (Å²) >= 11 is 2.16. The van der Waals surface area contributed by atoms with E-state index in [4.69, 9.17) is 0 Å². The lowest BCUT2D eigenvalue weighted by Gasteiger charge is -2.09. The smallest absolute Gasteiger partial charge is 0.255 e. The molecule has 0 bridgehead atoms. The normalized spacial score (nSPS) is 10.2. The number of amides is 1. The first-order chi connectivity index (χ1) is 8.99. The molecule has 2 aromatic rings. The molecule has 3 N–H and O–H groups in total. The molecule has 1 amide bonds. The quantitative estimate of drug-likeness (QED) is 0.562. The Hall–Kier alpha value is -1.76. The number of hydrogen-bond acceptors (Lipinski definition) is 3. The Labute approximate surface area is 124 Å². The zero-order valence-electron chi connectivity index (χ0n) is 10.1. The minimum atomic E-state index is -0.336. The van der Waals surface area contributed by atoms with Crippen molar-refractivity contribution in [3.05, 3.63) is 51.1 Å². The number of anilines is 1. The van der Waals surface area contributed by atoms with Gasteiger partial charge >= 0.3 is 0 Å². The molecule has 5 heteroatoms. The molecule has 0 aliphatic carbocycles. The number of carbonyl (C=O) groups is 1. The molecule has 0 aliphatic rings. The first-order valence-electron chi connectivity index (χ1n) is 5.57. The fourth-order valence-corrected chi connectivity index (χ4v) is 2.08. The van der Waals surface area contributed by atoms with E-state index >= 15 is 0 Å². The Morgan fingerprint density at radius 3 is 2.63 bits per heavy atom. The zero-order valence-corrected chi connectivity index (χ0v) is 12.3. The second-order valence-electron chi connectivity index (χ2n) is 4.09. The Kier molecular flexibility index (Phi) is 3.94. The number of carbonyl (C=O) groups excluding carboxylic acids is 1. The molecule has 0 radical (unpaired) electrons. The van der Waals surface area contributed by atoms with E-state index in [0.717, 1.165) is 9.13 Å². The van der Waals surface area contributed by atoms with Crippen molar-refractivity contribution in [3.8, 4) is 11.5 Å². The van der Waals surface area contributed by atoms with Crippen LogP contribution in [0.1, 0.15) is 15.9 Å². The average Bonchev–Trinajstić information content (AvgIpc) is 2.38. The van der Waals surface area contributed by atoms with E-state index in [0.29, 0.717) is 5.56 Å². The highest BCUT2D eigenvalue weighted by Crippen LogP contribution is 2.32. The molecule has 4 nitrogen and oxygen atoms in total. The molecule has 0 atom stereocenters. The van der Waals surface area contributed by atoms with Gasteiger partial charge in [0.25, 0.3) is 5.91 Å². The Balaban J connectivity index is 2.26. The summed E-state index contributed by atoms with van der Waals surface area (Å²) in [5.41, 5.74) is 1.77. The fraction of sp³-hybridized carbons (Fsp3) is 0.0714. The summed E-state index contributed by atoms with van der Waals surface area (Å²) in [4.78, 5) is 12.0. The van der Waals surface area contributed by atoms with Crippen molar-refractivity contribution in [3.63, 3.8) is 0 Å². The maximum absolute atomic E-state index is 12.0. The summed E-state index contributed by atoms with van der Waals surface area (Å²) in [6.07, 6.45) is 0. The molecule has 0 aliphatic heterocycles. The topological polar surface area (TPSA) is 69.6 Å². The molecule has 0 saturated carbocycles. The predicted molar refractivity (Wildman–Crippen MR) is 81.6 cm³/mol. The third-order valence-corrected chi connectivity index (χ3v) is 3.86. The van der Waals surface area contributed by atoms with Crippen LogP contribution in [0.4, 0.5) is 5.69 Å². The molecular weight excluding hydrogens is 357 g/mol. The summed E-state index contributed by atoms with van der Waals surface area (Å²) in [7, 11) is 0. The van der Waals surface area contributed by atoms with Gasteiger partial charge in [0.1, 0.15) is 0 Å². The third-order valence-electron chi connectivity index (χ3n) is 2.70. The number of benzene rings is 2. The SMILES string of the molecule is Cc1ccc(C(=O)Nc2cccc(O)c2O)cc1I. The monoisotopic (exact) mass is 369 g/mol. The van der Waals surface area contributed by atoms with Gasteiger partial charge in [-0.15, -0.1) is 0 Å². The van der Waals surface area contributed by atoms with Crippen molar-refractivity contribution in [1.29, 1.82) is 0 Å². The number of halogens is 1. The molecule has 98 valence electrons. The van der Waals surface area contributed by atoms with Crippen molar-refractivity contribution < 1.29 is 15.0 Å². The van der Waals surface area contributed by atoms with Crippen LogP contribution in [0.15, 0.2) is 36.4 Å². The lowest BCUT2D eigenvalue weighted by molar-refractivity contribution is 0.102. The Morgan fingerprint density at radius 1 is 1.21 bits per heavy atom. The minimum Gasteiger partial charge on any atom is -0.504 e. The van der Waals surface area contributed by atoms with E-state index in [2.05, 4.69) is 27.9 Å². The maximum Gasteiger partial charge on any atom is 0.255 e. The summed E-state index contributed by atoms with van der Waals surface area (Å²) in [6, 6.07) is 9.76. The number of phenolic OH excluding ortho intramolecular Hbond substituents is 2. The third kappa shape index (κ3) is 2.98. The van der Waals surface area contributed by atoms with Crippen molar-refractivity contribution in [2.75, 3.05) is 5.32 Å². The van der Waals surface area contributed by atoms with Gasteiger partial charge in [-0.3, -0.25) is 4.79 Å². The van der Waals surface area contributed by atoms with Gasteiger partial charge in [0.05, 0.1) is 5.69 Å². The van der Waals surface area contributed by atoms with Crippen LogP contribution >= 0.6 is 22.6 Å². The summed E-state index contributed by atoms with van der Waals surface area (Å²) in [5.74, 6) is -0.937. The number of aromatic hydroxyl groups is 2. The summed E-state index contributed by atoms with van der Waals surface area (Å²) in [6.45, 7) is 1.96. The van der Waals surface area contributed by atoms with E-state index in [-0.39, 0.29) is 23.1 Å². The molecule has 0 unspecified atom stereocenters. The molecule has 19 heavy (non-hydrogen) atoms. The van der Waals surface area contributed by atoms with E-state index in [1.165, 1.54) is 12.1 Å². The highest BCUT2D eigenvalue weighted by atomic mass is 127. The van der Waals surface area contributed by atoms with Gasteiger partial charge in [0.2, 0.25) is 0 Å². The number of phenols is 2. The van der Waals surface area contributed by atoms with Gasteiger partial charge in [0, 0.05) is 9.13 Å². The van der Waals surface area contributed by atoms with Gasteiger partial charge in [-0.25, -0.2) is 0 Å². The predicted octanol–water partition coefficient (Wildman–Crippen LogP) is 3.26. The van der Waals surface area contributed by atoms with Crippen molar-refractivity contribution in [2.45, 2.75) is 6.92 Å². The summed E-state index contributed by atoms with van der Waals surface area (Å²) in [5, 5.41) is 21.5. The molecule has 0 aromatic heterocycles. The van der Waals surface area contributed by atoms with Crippen LogP contribution in [0, 0.1) is 10.5 Å². The van der Waals surface area contributed by atoms with Crippen molar-refractivity contribution >= 4 is 34.2 Å². The maximum atomic E-state index is 12.0. The number of nitrogens with one attached hydrogen (secondary N) is 1. The molecule has 2 aromatic carbocycles. The number of para-hydroxylation sites is 1. The second kappa shape index (κ2) is 5.48. The van der Waals surface area contributed by atoms with Gasteiger partial charge in [-0.2, -0.15) is 0 Å². The van der Waals surface area contributed by atoms with E-state index in [1.54, 1.807) is 18.2 Å². The second-order valence-corrected chi connectivity index (χ2v) is 5.25. The first kappa shape index (κ1) is 13.7. The van der Waals surface area contributed by atoms with Crippen molar-refractivity contribution in [1.82, 2.24) is 0 Å². The lowest BCUT2D eigenvalue weighted by atomic mass is 10.1. The van der Waals surface area contributed by atoms with Gasteiger partial charge in [0.15, 0.2) is 11.5 Å². The van der Waals surface area contributed by atoms with Crippen LogP contribution in [-0.4, -0.2) is 16.1 Å².